The fourth-order valence-corrected chi connectivity index (χ4v) is 1.54. The minimum Gasteiger partial charge on any atom is -0.385 e. The maximum Gasteiger partial charge on any atom is 0.0991 e. The van der Waals surface area contributed by atoms with E-state index in [4.69, 9.17) is 5.26 Å². The quantitative estimate of drug-likeness (QED) is 0.679. The molecule has 74 valence electrons. The van der Waals surface area contributed by atoms with Gasteiger partial charge in [0.15, 0.2) is 0 Å². The smallest absolute Gasteiger partial charge is 0.0991 e. The molecule has 0 aromatic heterocycles. The molecule has 0 unspecified atom stereocenters. The van der Waals surface area contributed by atoms with E-state index in [1.54, 1.807) is 0 Å². The van der Waals surface area contributed by atoms with Gasteiger partial charge in [-0.15, -0.1) is 0 Å². The topological polar surface area (TPSA) is 35.8 Å². The molecule has 1 aromatic rings. The Morgan fingerprint density at radius 1 is 1.36 bits per heavy atom. The first-order chi connectivity index (χ1) is 6.90. The molecule has 0 saturated heterocycles. The summed E-state index contributed by atoms with van der Waals surface area (Å²) in [6, 6.07) is 7.97. The SMILES string of the molecule is CC.N#Cc1ccc2c(c1)CCCN2. The lowest BCUT2D eigenvalue weighted by atomic mass is 10.0. The molecule has 1 N–H and O–H groups in total. The van der Waals surface area contributed by atoms with Gasteiger partial charge < -0.3 is 5.32 Å². The highest BCUT2D eigenvalue weighted by atomic mass is 14.9. The van der Waals surface area contributed by atoms with E-state index in [1.165, 1.54) is 17.7 Å². The molecular weight excluding hydrogens is 172 g/mol. The minimum absolute atomic E-state index is 0.762. The van der Waals surface area contributed by atoms with E-state index in [1.807, 2.05) is 32.0 Å². The van der Waals surface area contributed by atoms with Crippen molar-refractivity contribution >= 4 is 5.69 Å². The second-order valence-corrected chi connectivity index (χ2v) is 3.01. The maximum absolute atomic E-state index is 8.67. The van der Waals surface area contributed by atoms with Crippen LogP contribution in [0, 0.1) is 11.3 Å². The highest BCUT2D eigenvalue weighted by Crippen LogP contribution is 2.22. The summed E-state index contributed by atoms with van der Waals surface area (Å²) in [6.07, 6.45) is 2.26. The predicted octanol–water partition coefficient (Wildman–Crippen LogP) is 2.94. The van der Waals surface area contributed by atoms with Gasteiger partial charge in [0, 0.05) is 12.2 Å². The molecule has 2 heteroatoms. The zero-order valence-corrected chi connectivity index (χ0v) is 8.80. The largest absolute Gasteiger partial charge is 0.385 e. The predicted molar refractivity (Wildman–Crippen MR) is 59.3 cm³/mol. The maximum atomic E-state index is 8.67. The monoisotopic (exact) mass is 188 g/mol. The van der Waals surface area contributed by atoms with Crippen molar-refractivity contribution in [2.75, 3.05) is 11.9 Å². The van der Waals surface area contributed by atoms with Crippen LogP contribution in [0.1, 0.15) is 31.4 Å². The molecule has 1 aliphatic rings. The number of hydrogen-bond acceptors (Lipinski definition) is 2. The number of aryl methyl sites for hydroxylation is 1. The number of nitrogens with one attached hydrogen (secondary N) is 1. The molecule has 0 atom stereocenters. The summed E-state index contributed by atoms with van der Waals surface area (Å²) in [6.45, 7) is 5.05. The third-order valence-corrected chi connectivity index (χ3v) is 2.17. The summed E-state index contributed by atoms with van der Waals surface area (Å²) in [5, 5.41) is 12.0. The van der Waals surface area contributed by atoms with Gasteiger partial charge >= 0.3 is 0 Å². The van der Waals surface area contributed by atoms with E-state index in [0.29, 0.717) is 0 Å². The van der Waals surface area contributed by atoms with Crippen molar-refractivity contribution in [3.63, 3.8) is 0 Å². The van der Waals surface area contributed by atoms with Crippen LogP contribution in [0.4, 0.5) is 5.69 Å². The van der Waals surface area contributed by atoms with Crippen LogP contribution in [0.5, 0.6) is 0 Å². The lowest BCUT2D eigenvalue weighted by Gasteiger charge is -2.17. The molecule has 0 saturated carbocycles. The van der Waals surface area contributed by atoms with Gasteiger partial charge in [0.25, 0.3) is 0 Å². The van der Waals surface area contributed by atoms with Crippen LogP contribution >= 0.6 is 0 Å². The molecule has 0 bridgehead atoms. The van der Waals surface area contributed by atoms with Crippen LogP contribution in [-0.2, 0) is 6.42 Å². The molecule has 0 amide bonds. The second kappa shape index (κ2) is 5.29. The van der Waals surface area contributed by atoms with Crippen molar-refractivity contribution in [3.05, 3.63) is 29.3 Å². The summed E-state index contributed by atoms with van der Waals surface area (Å²) in [5.74, 6) is 0. The van der Waals surface area contributed by atoms with E-state index in [9.17, 15) is 0 Å². The summed E-state index contributed by atoms with van der Waals surface area (Å²) < 4.78 is 0. The molecule has 0 spiro atoms. The molecule has 2 rings (SSSR count). The number of hydrogen-bond donors (Lipinski definition) is 1. The first-order valence-corrected chi connectivity index (χ1v) is 5.17. The Kier molecular flexibility index (Phi) is 4.00. The lowest BCUT2D eigenvalue weighted by molar-refractivity contribution is 0.830. The summed E-state index contributed by atoms with van der Waals surface area (Å²) in [7, 11) is 0. The van der Waals surface area contributed by atoms with Crippen molar-refractivity contribution < 1.29 is 0 Å². The van der Waals surface area contributed by atoms with E-state index in [-0.39, 0.29) is 0 Å². The molecule has 0 fully saturated rings. The highest BCUT2D eigenvalue weighted by Gasteiger charge is 2.07. The Morgan fingerprint density at radius 2 is 2.14 bits per heavy atom. The van der Waals surface area contributed by atoms with Crippen molar-refractivity contribution in [2.24, 2.45) is 0 Å². The van der Waals surface area contributed by atoms with E-state index >= 15 is 0 Å². The molecule has 2 nitrogen and oxygen atoms in total. The molecule has 0 radical (unpaired) electrons. The normalized spacial score (nSPS) is 12.6. The number of rotatable bonds is 0. The molecule has 1 aliphatic heterocycles. The lowest BCUT2D eigenvalue weighted by Crippen LogP contribution is -2.11. The van der Waals surface area contributed by atoms with Gasteiger partial charge in [-0.25, -0.2) is 0 Å². The molecule has 14 heavy (non-hydrogen) atoms. The number of nitriles is 1. The molecule has 1 heterocycles. The summed E-state index contributed by atoms with van der Waals surface area (Å²) in [5.41, 5.74) is 3.23. The molecule has 0 aliphatic carbocycles. The van der Waals surface area contributed by atoms with Crippen LogP contribution < -0.4 is 5.32 Å². The van der Waals surface area contributed by atoms with Crippen molar-refractivity contribution in [2.45, 2.75) is 26.7 Å². The van der Waals surface area contributed by atoms with Crippen LogP contribution in [0.2, 0.25) is 0 Å². The van der Waals surface area contributed by atoms with Gasteiger partial charge in [0.2, 0.25) is 0 Å². The van der Waals surface area contributed by atoms with E-state index in [2.05, 4.69) is 11.4 Å². The van der Waals surface area contributed by atoms with Gasteiger partial charge in [0.1, 0.15) is 0 Å². The summed E-state index contributed by atoms with van der Waals surface area (Å²) in [4.78, 5) is 0. The highest BCUT2D eigenvalue weighted by molar-refractivity contribution is 5.56. The zero-order chi connectivity index (χ0) is 10.4. The Bertz CT molecular complexity index is 337. The van der Waals surface area contributed by atoms with Gasteiger partial charge in [-0.2, -0.15) is 5.26 Å². The summed E-state index contributed by atoms with van der Waals surface area (Å²) >= 11 is 0. The van der Waals surface area contributed by atoms with Gasteiger partial charge in [-0.1, -0.05) is 13.8 Å². The van der Waals surface area contributed by atoms with Crippen LogP contribution in [0.25, 0.3) is 0 Å². The molecule has 1 aromatic carbocycles. The zero-order valence-electron chi connectivity index (χ0n) is 8.80. The standard InChI is InChI=1S/C10H10N2.C2H6/c11-7-8-3-4-10-9(6-8)2-1-5-12-10;1-2/h3-4,6,12H,1-2,5H2;1-2H3. The third-order valence-electron chi connectivity index (χ3n) is 2.17. The van der Waals surface area contributed by atoms with Crippen LogP contribution in [0.3, 0.4) is 0 Å². The fraction of sp³-hybridized carbons (Fsp3) is 0.417. The number of nitrogens with zero attached hydrogens (tertiary/aromatic N) is 1. The van der Waals surface area contributed by atoms with Crippen molar-refractivity contribution in [1.82, 2.24) is 0 Å². The van der Waals surface area contributed by atoms with Crippen molar-refractivity contribution in [1.29, 1.82) is 5.26 Å². The fourth-order valence-electron chi connectivity index (χ4n) is 1.54. The number of benzene rings is 1. The Hall–Kier alpha value is -1.49. The van der Waals surface area contributed by atoms with Gasteiger partial charge in [-0.05, 0) is 36.6 Å². The van der Waals surface area contributed by atoms with Crippen LogP contribution in [0.15, 0.2) is 18.2 Å². The van der Waals surface area contributed by atoms with Gasteiger partial charge in [-0.3, -0.25) is 0 Å². The Balaban J connectivity index is 0.000000461. The second-order valence-electron chi connectivity index (χ2n) is 3.01. The number of anilines is 1. The Morgan fingerprint density at radius 3 is 2.86 bits per heavy atom. The number of fused-ring (bicyclic) bond motifs is 1. The van der Waals surface area contributed by atoms with E-state index < -0.39 is 0 Å². The average Bonchev–Trinajstić information content (AvgIpc) is 2.31. The first-order valence-electron chi connectivity index (χ1n) is 5.17. The Labute approximate surface area is 85.6 Å². The van der Waals surface area contributed by atoms with E-state index in [0.717, 1.165) is 18.5 Å². The molecular formula is C12H16N2. The van der Waals surface area contributed by atoms with Gasteiger partial charge in [0.05, 0.1) is 11.6 Å². The van der Waals surface area contributed by atoms with Crippen LogP contribution in [-0.4, -0.2) is 6.54 Å². The third kappa shape index (κ3) is 2.26. The first kappa shape index (κ1) is 10.6. The van der Waals surface area contributed by atoms with Crippen molar-refractivity contribution in [3.8, 4) is 6.07 Å². The average molecular weight is 188 g/mol. The minimum atomic E-state index is 0.762.